The Morgan fingerprint density at radius 2 is 2.31 bits per heavy atom. The highest BCUT2D eigenvalue weighted by atomic mass is 16.2. The lowest BCUT2D eigenvalue weighted by molar-refractivity contribution is -0.126. The summed E-state index contributed by atoms with van der Waals surface area (Å²) in [4.78, 5) is 14.0. The summed E-state index contributed by atoms with van der Waals surface area (Å²) in [5.74, 6) is 0.700. The monoisotopic (exact) mass is 227 g/mol. The standard InChI is InChI=1S/C12H25N3O/c1-4-6-14-12(16)10(3)15-7-5-9(2)11(13)8-15/h9-11H,4-8,13H2,1-3H3,(H,14,16). The lowest BCUT2D eigenvalue weighted by Gasteiger charge is -2.37. The molecule has 3 N–H and O–H groups in total. The Labute approximate surface area is 98.6 Å². The molecule has 1 heterocycles. The molecule has 1 rings (SSSR count). The molecule has 1 saturated heterocycles. The maximum Gasteiger partial charge on any atom is 0.237 e. The minimum absolute atomic E-state index is 0.0508. The van der Waals surface area contributed by atoms with Gasteiger partial charge >= 0.3 is 0 Å². The first-order chi connectivity index (χ1) is 7.56. The number of rotatable bonds is 4. The summed E-state index contributed by atoms with van der Waals surface area (Å²) in [6, 6.07) is 0.153. The van der Waals surface area contributed by atoms with Crippen molar-refractivity contribution in [2.24, 2.45) is 11.7 Å². The Morgan fingerprint density at radius 3 is 2.88 bits per heavy atom. The molecule has 0 aromatic rings. The van der Waals surface area contributed by atoms with E-state index >= 15 is 0 Å². The average Bonchev–Trinajstić information content (AvgIpc) is 2.28. The number of hydrogen-bond acceptors (Lipinski definition) is 3. The van der Waals surface area contributed by atoms with Crippen LogP contribution in [0, 0.1) is 5.92 Å². The second-order valence-electron chi connectivity index (χ2n) is 4.89. The fraction of sp³-hybridized carbons (Fsp3) is 0.917. The maximum absolute atomic E-state index is 11.8. The van der Waals surface area contributed by atoms with Crippen LogP contribution >= 0.6 is 0 Å². The van der Waals surface area contributed by atoms with Gasteiger partial charge in [0.1, 0.15) is 0 Å². The molecule has 0 bridgehead atoms. The van der Waals surface area contributed by atoms with Crippen LogP contribution in [0.15, 0.2) is 0 Å². The third-order valence-electron chi connectivity index (χ3n) is 3.52. The van der Waals surface area contributed by atoms with Crippen LogP contribution in [-0.2, 0) is 4.79 Å². The van der Waals surface area contributed by atoms with Crippen LogP contribution in [0.3, 0.4) is 0 Å². The first-order valence-corrected chi connectivity index (χ1v) is 6.33. The number of nitrogens with one attached hydrogen (secondary N) is 1. The summed E-state index contributed by atoms with van der Waals surface area (Å²) in [7, 11) is 0. The lowest BCUT2D eigenvalue weighted by Crippen LogP contribution is -2.54. The van der Waals surface area contributed by atoms with E-state index in [1.54, 1.807) is 0 Å². The van der Waals surface area contributed by atoms with Crippen molar-refractivity contribution in [3.8, 4) is 0 Å². The quantitative estimate of drug-likeness (QED) is 0.738. The molecule has 0 aromatic heterocycles. The van der Waals surface area contributed by atoms with Crippen molar-refractivity contribution < 1.29 is 4.79 Å². The number of piperidine rings is 1. The van der Waals surface area contributed by atoms with E-state index in [-0.39, 0.29) is 18.0 Å². The zero-order valence-electron chi connectivity index (χ0n) is 10.7. The van der Waals surface area contributed by atoms with Gasteiger partial charge < -0.3 is 11.1 Å². The number of carbonyl (C=O) groups excluding carboxylic acids is 1. The normalized spacial score (nSPS) is 28.8. The van der Waals surface area contributed by atoms with Crippen molar-refractivity contribution in [1.29, 1.82) is 0 Å². The summed E-state index contributed by atoms with van der Waals surface area (Å²) in [6.07, 6.45) is 2.07. The van der Waals surface area contributed by atoms with Crippen LogP contribution in [0.25, 0.3) is 0 Å². The molecule has 3 atom stereocenters. The van der Waals surface area contributed by atoms with E-state index in [0.29, 0.717) is 5.92 Å². The summed E-state index contributed by atoms with van der Waals surface area (Å²) < 4.78 is 0. The molecule has 94 valence electrons. The van der Waals surface area contributed by atoms with Gasteiger partial charge in [-0.1, -0.05) is 13.8 Å². The van der Waals surface area contributed by atoms with Crippen molar-refractivity contribution in [1.82, 2.24) is 10.2 Å². The molecule has 0 radical (unpaired) electrons. The van der Waals surface area contributed by atoms with Gasteiger partial charge in [-0.3, -0.25) is 9.69 Å². The number of nitrogens with two attached hydrogens (primary N) is 1. The van der Waals surface area contributed by atoms with E-state index in [4.69, 9.17) is 5.73 Å². The first kappa shape index (κ1) is 13.5. The minimum atomic E-state index is -0.0508. The van der Waals surface area contributed by atoms with E-state index < -0.39 is 0 Å². The SMILES string of the molecule is CCCNC(=O)C(C)N1CCC(C)C(N)C1. The van der Waals surface area contributed by atoms with Gasteiger partial charge in [-0.05, 0) is 32.2 Å². The summed E-state index contributed by atoms with van der Waals surface area (Å²) in [5.41, 5.74) is 6.03. The summed E-state index contributed by atoms with van der Waals surface area (Å²) in [5, 5.41) is 2.93. The molecule has 4 heteroatoms. The Morgan fingerprint density at radius 1 is 1.62 bits per heavy atom. The zero-order valence-corrected chi connectivity index (χ0v) is 10.7. The molecule has 16 heavy (non-hydrogen) atoms. The Hall–Kier alpha value is -0.610. The Kier molecular flexibility index (Phi) is 5.22. The van der Waals surface area contributed by atoms with Crippen molar-refractivity contribution >= 4 is 5.91 Å². The molecule has 1 aliphatic heterocycles. The fourth-order valence-electron chi connectivity index (χ4n) is 2.04. The lowest BCUT2D eigenvalue weighted by atomic mass is 9.93. The molecule has 1 amide bonds. The van der Waals surface area contributed by atoms with Crippen molar-refractivity contribution in [2.45, 2.75) is 45.7 Å². The van der Waals surface area contributed by atoms with Gasteiger partial charge in [0, 0.05) is 19.1 Å². The molecule has 0 aromatic carbocycles. The fourth-order valence-corrected chi connectivity index (χ4v) is 2.04. The van der Waals surface area contributed by atoms with Crippen LogP contribution in [0.4, 0.5) is 0 Å². The van der Waals surface area contributed by atoms with Crippen molar-refractivity contribution in [3.05, 3.63) is 0 Å². The summed E-state index contributed by atoms with van der Waals surface area (Å²) in [6.45, 7) is 8.79. The van der Waals surface area contributed by atoms with Crippen molar-refractivity contribution in [3.63, 3.8) is 0 Å². The van der Waals surface area contributed by atoms with Gasteiger partial charge in [0.15, 0.2) is 0 Å². The highest BCUT2D eigenvalue weighted by molar-refractivity contribution is 5.81. The Balaban J connectivity index is 2.41. The van der Waals surface area contributed by atoms with Crippen LogP contribution in [0.2, 0.25) is 0 Å². The van der Waals surface area contributed by atoms with E-state index in [2.05, 4.69) is 24.1 Å². The number of amides is 1. The largest absolute Gasteiger partial charge is 0.355 e. The molecule has 4 nitrogen and oxygen atoms in total. The molecule has 0 saturated carbocycles. The second-order valence-corrected chi connectivity index (χ2v) is 4.89. The first-order valence-electron chi connectivity index (χ1n) is 6.33. The average molecular weight is 227 g/mol. The highest BCUT2D eigenvalue weighted by Crippen LogP contribution is 2.17. The van der Waals surface area contributed by atoms with Gasteiger partial charge in [-0.15, -0.1) is 0 Å². The van der Waals surface area contributed by atoms with Crippen LogP contribution in [-0.4, -0.2) is 42.5 Å². The molecular weight excluding hydrogens is 202 g/mol. The van der Waals surface area contributed by atoms with E-state index in [1.807, 2.05) is 6.92 Å². The Bertz CT molecular complexity index is 232. The molecule has 0 spiro atoms. The molecule has 0 aliphatic carbocycles. The van der Waals surface area contributed by atoms with Gasteiger partial charge in [0.25, 0.3) is 0 Å². The second kappa shape index (κ2) is 6.21. The predicted octanol–water partition coefficient (Wildman–Crippen LogP) is 0.570. The number of carbonyl (C=O) groups is 1. The van der Waals surface area contributed by atoms with E-state index in [9.17, 15) is 4.79 Å². The van der Waals surface area contributed by atoms with Gasteiger partial charge in [0.2, 0.25) is 5.91 Å². The van der Waals surface area contributed by atoms with Gasteiger partial charge in [-0.2, -0.15) is 0 Å². The summed E-state index contributed by atoms with van der Waals surface area (Å²) >= 11 is 0. The maximum atomic E-state index is 11.8. The molecular formula is C12H25N3O. The number of nitrogens with zero attached hydrogens (tertiary/aromatic N) is 1. The zero-order chi connectivity index (χ0) is 12.1. The van der Waals surface area contributed by atoms with Crippen LogP contribution in [0.5, 0.6) is 0 Å². The molecule has 1 fully saturated rings. The smallest absolute Gasteiger partial charge is 0.237 e. The topological polar surface area (TPSA) is 58.4 Å². The molecule has 1 aliphatic rings. The van der Waals surface area contributed by atoms with Crippen LogP contribution < -0.4 is 11.1 Å². The van der Waals surface area contributed by atoms with Gasteiger partial charge in [0.05, 0.1) is 6.04 Å². The van der Waals surface area contributed by atoms with Gasteiger partial charge in [-0.25, -0.2) is 0 Å². The van der Waals surface area contributed by atoms with Crippen molar-refractivity contribution in [2.75, 3.05) is 19.6 Å². The number of likely N-dealkylation sites (tertiary alicyclic amines) is 1. The van der Waals surface area contributed by atoms with E-state index in [1.165, 1.54) is 0 Å². The minimum Gasteiger partial charge on any atom is -0.355 e. The van der Waals surface area contributed by atoms with E-state index in [0.717, 1.165) is 32.5 Å². The highest BCUT2D eigenvalue weighted by Gasteiger charge is 2.28. The van der Waals surface area contributed by atoms with Crippen LogP contribution in [0.1, 0.15) is 33.6 Å². The number of hydrogen-bond donors (Lipinski definition) is 2. The third kappa shape index (κ3) is 3.46. The predicted molar refractivity (Wildman–Crippen MR) is 66.1 cm³/mol. The molecule has 3 unspecified atom stereocenters. The third-order valence-corrected chi connectivity index (χ3v) is 3.52.